The van der Waals surface area contributed by atoms with Crippen LogP contribution in [-0.4, -0.2) is 0 Å². The molecule has 0 aliphatic carbocycles. The van der Waals surface area contributed by atoms with Crippen molar-refractivity contribution in [3.05, 3.63) is 90.8 Å². The summed E-state index contributed by atoms with van der Waals surface area (Å²) >= 11 is 30.6. The maximum absolute atomic E-state index is 6.21. The predicted octanol–water partition coefficient (Wildman–Crippen LogP) is 8.14. The summed E-state index contributed by atoms with van der Waals surface area (Å²) in [6.07, 6.45) is 0. The number of rotatable bonds is 6. The molecule has 7 heteroatoms. The predicted molar refractivity (Wildman–Crippen MR) is 116 cm³/mol. The van der Waals surface area contributed by atoms with Crippen molar-refractivity contribution in [1.29, 1.82) is 0 Å². The third kappa shape index (κ3) is 5.60. The van der Waals surface area contributed by atoms with Crippen molar-refractivity contribution in [2.45, 2.75) is 13.2 Å². The molecular formula is C20H14Cl5NO. The maximum atomic E-state index is 6.21. The second kappa shape index (κ2) is 9.27. The lowest BCUT2D eigenvalue weighted by atomic mass is 10.2. The van der Waals surface area contributed by atoms with E-state index in [0.29, 0.717) is 37.4 Å². The molecule has 0 saturated heterocycles. The van der Waals surface area contributed by atoms with Crippen molar-refractivity contribution in [3.63, 3.8) is 0 Å². The molecule has 3 aromatic rings. The van der Waals surface area contributed by atoms with Gasteiger partial charge in [0.05, 0.1) is 0 Å². The van der Waals surface area contributed by atoms with Gasteiger partial charge in [0.15, 0.2) is 0 Å². The first-order valence-corrected chi connectivity index (χ1v) is 9.85. The number of ether oxygens (including phenoxy) is 1. The molecule has 2 nitrogen and oxygen atoms in total. The average molecular weight is 462 g/mol. The molecule has 0 unspecified atom stereocenters. The van der Waals surface area contributed by atoms with Gasteiger partial charge in [-0.1, -0.05) is 64.1 Å². The van der Waals surface area contributed by atoms with Gasteiger partial charge in [-0.15, -0.1) is 0 Å². The van der Waals surface area contributed by atoms with Crippen LogP contribution in [0, 0.1) is 0 Å². The lowest BCUT2D eigenvalue weighted by molar-refractivity contribution is 0.303. The standard InChI is InChI=1S/C20H14Cl5NO/c21-13-4-5-20(27-11-17-18(24)2-1-3-19(17)25)12(6-13)10-26-16-8-14(22)7-15(23)9-16/h1-9,26H,10-11H2. The molecule has 0 bridgehead atoms. The zero-order chi connectivity index (χ0) is 19.4. The summed E-state index contributed by atoms with van der Waals surface area (Å²) in [5.74, 6) is 0.677. The lowest BCUT2D eigenvalue weighted by Gasteiger charge is -2.15. The number of benzene rings is 3. The number of nitrogens with one attached hydrogen (secondary N) is 1. The summed E-state index contributed by atoms with van der Waals surface area (Å²) in [4.78, 5) is 0. The summed E-state index contributed by atoms with van der Waals surface area (Å²) in [5.41, 5.74) is 2.41. The van der Waals surface area contributed by atoms with E-state index in [1.54, 1.807) is 42.5 Å². The minimum Gasteiger partial charge on any atom is -0.488 e. The number of hydrogen-bond donors (Lipinski definition) is 1. The van der Waals surface area contributed by atoms with Crippen LogP contribution in [0.2, 0.25) is 25.1 Å². The molecular weight excluding hydrogens is 447 g/mol. The van der Waals surface area contributed by atoms with E-state index in [2.05, 4.69) is 5.32 Å². The molecule has 0 aromatic heterocycles. The van der Waals surface area contributed by atoms with Crippen molar-refractivity contribution in [2.75, 3.05) is 5.32 Å². The van der Waals surface area contributed by atoms with Gasteiger partial charge in [-0.2, -0.15) is 0 Å². The Morgan fingerprint density at radius 2 is 1.41 bits per heavy atom. The Morgan fingerprint density at radius 3 is 2.07 bits per heavy atom. The first-order chi connectivity index (χ1) is 12.9. The van der Waals surface area contributed by atoms with Gasteiger partial charge in [0, 0.05) is 48.5 Å². The molecule has 0 radical (unpaired) electrons. The fraction of sp³-hybridized carbons (Fsp3) is 0.100. The van der Waals surface area contributed by atoms with Gasteiger partial charge in [-0.25, -0.2) is 0 Å². The van der Waals surface area contributed by atoms with Gasteiger partial charge in [0.2, 0.25) is 0 Å². The van der Waals surface area contributed by atoms with E-state index in [9.17, 15) is 0 Å². The van der Waals surface area contributed by atoms with Crippen LogP contribution in [0.3, 0.4) is 0 Å². The largest absolute Gasteiger partial charge is 0.488 e. The SMILES string of the molecule is Clc1cc(Cl)cc(NCc2cc(Cl)ccc2OCc2c(Cl)cccc2Cl)c1. The van der Waals surface area contributed by atoms with Crippen LogP contribution in [-0.2, 0) is 13.2 Å². The Morgan fingerprint density at radius 1 is 0.741 bits per heavy atom. The van der Waals surface area contributed by atoms with Crippen LogP contribution in [0.1, 0.15) is 11.1 Å². The van der Waals surface area contributed by atoms with Crippen LogP contribution in [0.5, 0.6) is 5.75 Å². The van der Waals surface area contributed by atoms with Gasteiger partial charge in [-0.05, 0) is 48.5 Å². The Hall–Kier alpha value is -1.29. The van der Waals surface area contributed by atoms with Gasteiger partial charge in [0.25, 0.3) is 0 Å². The lowest BCUT2D eigenvalue weighted by Crippen LogP contribution is -2.04. The Labute approximate surface area is 182 Å². The molecule has 0 fully saturated rings. The van der Waals surface area contributed by atoms with Crippen LogP contribution < -0.4 is 10.1 Å². The second-order valence-corrected chi connectivity index (χ2v) is 7.88. The Kier molecular flexibility index (Phi) is 7.02. The van der Waals surface area contributed by atoms with Gasteiger partial charge in [-0.3, -0.25) is 0 Å². The molecule has 1 N–H and O–H groups in total. The van der Waals surface area contributed by atoms with Gasteiger partial charge in [0.1, 0.15) is 12.4 Å². The summed E-state index contributed by atoms with van der Waals surface area (Å²) < 4.78 is 5.96. The van der Waals surface area contributed by atoms with Crippen molar-refractivity contribution in [2.24, 2.45) is 0 Å². The zero-order valence-corrected chi connectivity index (χ0v) is 17.7. The Balaban J connectivity index is 1.76. The van der Waals surface area contributed by atoms with Crippen molar-refractivity contribution < 1.29 is 4.74 Å². The van der Waals surface area contributed by atoms with E-state index < -0.39 is 0 Å². The minimum absolute atomic E-state index is 0.246. The van der Waals surface area contributed by atoms with Crippen LogP contribution >= 0.6 is 58.0 Å². The van der Waals surface area contributed by atoms with E-state index in [1.807, 2.05) is 12.1 Å². The first-order valence-electron chi connectivity index (χ1n) is 7.96. The maximum Gasteiger partial charge on any atom is 0.124 e. The first kappa shape index (κ1) is 20.4. The van der Waals surface area contributed by atoms with Crippen LogP contribution in [0.4, 0.5) is 5.69 Å². The second-order valence-electron chi connectivity index (χ2n) is 5.75. The summed E-state index contributed by atoms with van der Waals surface area (Å²) in [6, 6.07) is 16.0. The molecule has 0 aliphatic rings. The Bertz CT molecular complexity index is 921. The topological polar surface area (TPSA) is 21.3 Å². The highest BCUT2D eigenvalue weighted by molar-refractivity contribution is 6.36. The zero-order valence-electron chi connectivity index (χ0n) is 13.9. The fourth-order valence-corrected chi connectivity index (χ4v) is 3.73. The monoisotopic (exact) mass is 459 g/mol. The summed E-state index contributed by atoms with van der Waals surface area (Å²) in [6.45, 7) is 0.721. The third-order valence-corrected chi connectivity index (χ3v) is 5.18. The van der Waals surface area contributed by atoms with E-state index in [-0.39, 0.29) is 6.61 Å². The van der Waals surface area contributed by atoms with E-state index in [1.165, 1.54) is 0 Å². The van der Waals surface area contributed by atoms with Gasteiger partial charge < -0.3 is 10.1 Å². The van der Waals surface area contributed by atoms with Crippen LogP contribution in [0.15, 0.2) is 54.6 Å². The highest BCUT2D eigenvalue weighted by Gasteiger charge is 2.10. The highest BCUT2D eigenvalue weighted by Crippen LogP contribution is 2.29. The summed E-state index contributed by atoms with van der Waals surface area (Å²) in [7, 11) is 0. The number of hydrogen-bond acceptors (Lipinski definition) is 2. The minimum atomic E-state index is 0.246. The molecule has 27 heavy (non-hydrogen) atoms. The molecule has 0 atom stereocenters. The molecule has 0 saturated carbocycles. The fourth-order valence-electron chi connectivity index (χ4n) is 2.50. The molecule has 0 amide bonds. The molecule has 0 spiro atoms. The molecule has 3 aromatic carbocycles. The van der Waals surface area contributed by atoms with E-state index >= 15 is 0 Å². The van der Waals surface area contributed by atoms with Crippen molar-refractivity contribution >= 4 is 63.7 Å². The average Bonchev–Trinajstić information content (AvgIpc) is 2.60. The molecule has 3 rings (SSSR count). The summed E-state index contributed by atoms with van der Waals surface area (Å²) in [5, 5.41) is 6.11. The third-order valence-electron chi connectivity index (χ3n) is 3.80. The molecule has 140 valence electrons. The quantitative estimate of drug-likeness (QED) is 0.400. The van der Waals surface area contributed by atoms with Crippen LogP contribution in [0.25, 0.3) is 0 Å². The van der Waals surface area contributed by atoms with E-state index in [0.717, 1.165) is 16.8 Å². The van der Waals surface area contributed by atoms with E-state index in [4.69, 9.17) is 62.7 Å². The number of anilines is 1. The smallest absolute Gasteiger partial charge is 0.124 e. The highest BCUT2D eigenvalue weighted by atomic mass is 35.5. The van der Waals surface area contributed by atoms with Crippen molar-refractivity contribution in [3.8, 4) is 5.75 Å². The van der Waals surface area contributed by atoms with Crippen molar-refractivity contribution in [1.82, 2.24) is 0 Å². The molecule has 0 aliphatic heterocycles. The number of halogens is 5. The molecule has 0 heterocycles. The normalized spacial score (nSPS) is 10.7. The van der Waals surface area contributed by atoms with Gasteiger partial charge >= 0.3 is 0 Å².